The zero-order valence-corrected chi connectivity index (χ0v) is 14.1. The van der Waals surface area contributed by atoms with Gasteiger partial charge in [0.15, 0.2) is 0 Å². The molecule has 0 aliphatic carbocycles. The fourth-order valence-corrected chi connectivity index (χ4v) is 5.06. The van der Waals surface area contributed by atoms with Gasteiger partial charge in [-0.1, -0.05) is 19.8 Å². The number of nitrogens with one attached hydrogen (secondary N) is 1. The van der Waals surface area contributed by atoms with Crippen LogP contribution < -0.4 is 10.5 Å². The maximum atomic E-state index is 12.1. The third kappa shape index (κ3) is 5.14. The summed E-state index contributed by atoms with van der Waals surface area (Å²) >= 11 is 4.42. The number of thiophene rings is 1. The van der Waals surface area contributed by atoms with Crippen LogP contribution in [0.1, 0.15) is 26.2 Å². The molecule has 0 aliphatic heterocycles. The predicted octanol–water partition coefficient (Wildman–Crippen LogP) is 2.73. The maximum absolute atomic E-state index is 12.1. The number of sulfonamides is 1. The predicted molar refractivity (Wildman–Crippen MR) is 82.0 cm³/mol. The zero-order chi connectivity index (χ0) is 12.9. The number of hydrogen-bond acceptors (Lipinski definition) is 4. The summed E-state index contributed by atoms with van der Waals surface area (Å²) in [7, 11) is -3.45. The van der Waals surface area contributed by atoms with E-state index in [0.29, 0.717) is 15.2 Å². The van der Waals surface area contributed by atoms with Gasteiger partial charge in [0, 0.05) is 17.1 Å². The van der Waals surface area contributed by atoms with Crippen LogP contribution in [-0.4, -0.2) is 21.0 Å². The molecule has 1 aromatic heterocycles. The molecule has 1 atom stereocenters. The van der Waals surface area contributed by atoms with Crippen molar-refractivity contribution in [3.8, 4) is 0 Å². The SMILES string of the molecule is CCCCC(CN)NS(=O)(=O)c1sccc1Br.Cl. The smallest absolute Gasteiger partial charge is 0.251 e. The van der Waals surface area contributed by atoms with Crippen molar-refractivity contribution in [3.63, 3.8) is 0 Å². The summed E-state index contributed by atoms with van der Waals surface area (Å²) < 4.78 is 27.7. The largest absolute Gasteiger partial charge is 0.329 e. The summed E-state index contributed by atoms with van der Waals surface area (Å²) in [6.45, 7) is 2.39. The zero-order valence-electron chi connectivity index (χ0n) is 10.1. The lowest BCUT2D eigenvalue weighted by Gasteiger charge is -2.16. The fourth-order valence-electron chi connectivity index (χ4n) is 1.42. The van der Waals surface area contributed by atoms with E-state index in [0.717, 1.165) is 19.3 Å². The average Bonchev–Trinajstić information content (AvgIpc) is 2.71. The van der Waals surface area contributed by atoms with E-state index in [2.05, 4.69) is 27.6 Å². The molecule has 0 saturated carbocycles. The van der Waals surface area contributed by atoms with Gasteiger partial charge in [-0.2, -0.15) is 0 Å². The molecule has 1 aromatic rings. The van der Waals surface area contributed by atoms with Crippen LogP contribution in [0.15, 0.2) is 20.1 Å². The highest BCUT2D eigenvalue weighted by Crippen LogP contribution is 2.27. The summed E-state index contributed by atoms with van der Waals surface area (Å²) in [5, 5.41) is 1.74. The van der Waals surface area contributed by atoms with E-state index < -0.39 is 10.0 Å². The van der Waals surface area contributed by atoms with Crippen molar-refractivity contribution in [1.29, 1.82) is 0 Å². The molecule has 106 valence electrons. The first-order chi connectivity index (χ1) is 8.01. The van der Waals surface area contributed by atoms with Crippen LogP contribution in [0.5, 0.6) is 0 Å². The quantitative estimate of drug-likeness (QED) is 0.767. The standard InChI is InChI=1S/C10H17BrN2O2S2.ClH/c1-2-3-4-8(7-12)13-17(14,15)10-9(11)5-6-16-10;/h5-6,8,13H,2-4,7,12H2,1H3;1H. The second-order valence-electron chi connectivity index (χ2n) is 3.75. The minimum Gasteiger partial charge on any atom is -0.329 e. The maximum Gasteiger partial charge on any atom is 0.251 e. The van der Waals surface area contributed by atoms with Crippen molar-refractivity contribution in [2.45, 2.75) is 36.4 Å². The Hall–Kier alpha value is 0.340. The summed E-state index contributed by atoms with van der Waals surface area (Å²) in [4.78, 5) is 0. The molecule has 1 unspecified atom stereocenters. The number of hydrogen-bond donors (Lipinski definition) is 2. The Labute approximate surface area is 127 Å². The topological polar surface area (TPSA) is 72.2 Å². The van der Waals surface area contributed by atoms with Crippen LogP contribution in [0.3, 0.4) is 0 Å². The molecule has 0 amide bonds. The molecule has 1 heterocycles. The highest BCUT2D eigenvalue weighted by molar-refractivity contribution is 9.10. The number of unbranched alkanes of at least 4 members (excludes halogenated alkanes) is 1. The lowest BCUT2D eigenvalue weighted by molar-refractivity contribution is 0.517. The van der Waals surface area contributed by atoms with Crippen LogP contribution >= 0.6 is 39.7 Å². The number of rotatable bonds is 7. The highest BCUT2D eigenvalue weighted by atomic mass is 79.9. The molecule has 0 radical (unpaired) electrons. The Morgan fingerprint density at radius 1 is 1.56 bits per heavy atom. The Balaban J connectivity index is 0.00000289. The van der Waals surface area contributed by atoms with Gasteiger partial charge in [-0.3, -0.25) is 0 Å². The second kappa shape index (κ2) is 8.50. The van der Waals surface area contributed by atoms with E-state index in [4.69, 9.17) is 5.73 Å². The van der Waals surface area contributed by atoms with E-state index in [1.807, 2.05) is 0 Å². The van der Waals surface area contributed by atoms with Gasteiger partial charge in [0.1, 0.15) is 4.21 Å². The highest BCUT2D eigenvalue weighted by Gasteiger charge is 2.22. The van der Waals surface area contributed by atoms with Gasteiger partial charge in [0.05, 0.1) is 0 Å². The molecular formula is C10H18BrClN2O2S2. The van der Waals surface area contributed by atoms with E-state index in [9.17, 15) is 8.42 Å². The van der Waals surface area contributed by atoms with E-state index in [1.165, 1.54) is 11.3 Å². The van der Waals surface area contributed by atoms with Gasteiger partial charge in [-0.05, 0) is 33.8 Å². The van der Waals surface area contributed by atoms with Crippen LogP contribution in [0.4, 0.5) is 0 Å². The van der Waals surface area contributed by atoms with Crippen LogP contribution in [0, 0.1) is 0 Å². The lowest BCUT2D eigenvalue weighted by Crippen LogP contribution is -2.39. The number of halogens is 2. The third-order valence-corrected chi connectivity index (χ3v) is 6.53. The summed E-state index contributed by atoms with van der Waals surface area (Å²) in [5.74, 6) is 0. The molecule has 0 aliphatic rings. The molecule has 0 fully saturated rings. The first-order valence-corrected chi connectivity index (χ1v) is 8.62. The summed E-state index contributed by atoms with van der Waals surface area (Å²) in [6.07, 6.45) is 2.77. The molecule has 3 N–H and O–H groups in total. The molecule has 1 rings (SSSR count). The summed E-state index contributed by atoms with van der Waals surface area (Å²) in [5.41, 5.74) is 5.58. The Morgan fingerprint density at radius 3 is 2.67 bits per heavy atom. The van der Waals surface area contributed by atoms with Crippen molar-refractivity contribution in [2.75, 3.05) is 6.54 Å². The monoisotopic (exact) mass is 376 g/mol. The molecule has 0 aromatic carbocycles. The Kier molecular flexibility index (Phi) is 8.66. The van der Waals surface area contributed by atoms with Crippen LogP contribution in [0.25, 0.3) is 0 Å². The minimum absolute atomic E-state index is 0. The molecule has 4 nitrogen and oxygen atoms in total. The number of nitrogens with two attached hydrogens (primary N) is 1. The molecule has 0 saturated heterocycles. The third-order valence-electron chi connectivity index (χ3n) is 2.34. The van der Waals surface area contributed by atoms with Gasteiger partial charge in [-0.15, -0.1) is 23.7 Å². The van der Waals surface area contributed by atoms with E-state index >= 15 is 0 Å². The van der Waals surface area contributed by atoms with Gasteiger partial charge in [0.2, 0.25) is 0 Å². The molecule has 0 bridgehead atoms. The van der Waals surface area contributed by atoms with Crippen molar-refractivity contribution < 1.29 is 8.42 Å². The first kappa shape index (κ1) is 18.3. The Morgan fingerprint density at radius 2 is 2.22 bits per heavy atom. The minimum atomic E-state index is -3.45. The van der Waals surface area contributed by atoms with E-state index in [-0.39, 0.29) is 18.4 Å². The molecule has 18 heavy (non-hydrogen) atoms. The Bertz CT molecular complexity index is 450. The second-order valence-corrected chi connectivity index (χ2v) is 7.43. The summed E-state index contributed by atoms with van der Waals surface area (Å²) in [6, 6.07) is 1.54. The fraction of sp³-hybridized carbons (Fsp3) is 0.600. The van der Waals surface area contributed by atoms with Crippen molar-refractivity contribution in [2.24, 2.45) is 5.73 Å². The van der Waals surface area contributed by atoms with Gasteiger partial charge < -0.3 is 5.73 Å². The van der Waals surface area contributed by atoms with Crippen molar-refractivity contribution in [1.82, 2.24) is 4.72 Å². The van der Waals surface area contributed by atoms with Gasteiger partial charge >= 0.3 is 0 Å². The molecule has 8 heteroatoms. The lowest BCUT2D eigenvalue weighted by atomic mass is 10.1. The van der Waals surface area contributed by atoms with Crippen LogP contribution in [-0.2, 0) is 10.0 Å². The average molecular weight is 378 g/mol. The van der Waals surface area contributed by atoms with Gasteiger partial charge in [-0.25, -0.2) is 13.1 Å². The molecule has 0 spiro atoms. The van der Waals surface area contributed by atoms with Gasteiger partial charge in [0.25, 0.3) is 10.0 Å². The van der Waals surface area contributed by atoms with E-state index in [1.54, 1.807) is 11.4 Å². The van der Waals surface area contributed by atoms with Crippen molar-refractivity contribution >= 4 is 49.7 Å². The molecular weight excluding hydrogens is 360 g/mol. The van der Waals surface area contributed by atoms with Crippen LogP contribution in [0.2, 0.25) is 0 Å². The first-order valence-electron chi connectivity index (χ1n) is 5.46. The normalized spacial score (nSPS) is 13.1. The van der Waals surface area contributed by atoms with Crippen molar-refractivity contribution in [3.05, 3.63) is 15.9 Å².